The van der Waals surface area contributed by atoms with Crippen molar-refractivity contribution in [2.45, 2.75) is 33.3 Å². The van der Waals surface area contributed by atoms with Gasteiger partial charge in [-0.15, -0.1) is 0 Å². The van der Waals surface area contributed by atoms with Crippen LogP contribution in [0.3, 0.4) is 0 Å². The van der Waals surface area contributed by atoms with Crippen molar-refractivity contribution in [1.29, 1.82) is 0 Å². The van der Waals surface area contributed by atoms with E-state index >= 15 is 0 Å². The van der Waals surface area contributed by atoms with E-state index in [0.717, 1.165) is 32.7 Å². The van der Waals surface area contributed by atoms with Crippen LogP contribution in [-0.2, 0) is 19.0 Å². The number of ether oxygens (including phenoxy) is 3. The summed E-state index contributed by atoms with van der Waals surface area (Å²) in [4.78, 5) is 16.3. The number of piperazine rings is 1. The Morgan fingerprint density at radius 3 is 2.14 bits per heavy atom. The monoisotopic (exact) mass is 316 g/mol. The highest BCUT2D eigenvalue weighted by Gasteiger charge is 2.19. The number of rotatable bonds is 11. The first-order chi connectivity index (χ1) is 10.6. The van der Waals surface area contributed by atoms with E-state index in [-0.39, 0.29) is 12.0 Å². The van der Waals surface area contributed by atoms with E-state index in [0.29, 0.717) is 39.5 Å². The van der Waals surface area contributed by atoms with Gasteiger partial charge in [0.2, 0.25) is 5.91 Å². The van der Waals surface area contributed by atoms with E-state index in [1.807, 2.05) is 18.7 Å². The summed E-state index contributed by atoms with van der Waals surface area (Å²) in [5, 5.41) is 0. The molecule has 0 atom stereocenters. The van der Waals surface area contributed by atoms with Gasteiger partial charge in [-0.25, -0.2) is 0 Å². The molecule has 130 valence electrons. The molecule has 0 unspecified atom stereocenters. The normalized spacial score (nSPS) is 16.5. The Bertz CT molecular complexity index is 292. The minimum Gasteiger partial charge on any atom is -0.379 e. The Morgan fingerprint density at radius 2 is 1.55 bits per heavy atom. The molecule has 0 spiro atoms. The fourth-order valence-corrected chi connectivity index (χ4v) is 2.30. The van der Waals surface area contributed by atoms with Gasteiger partial charge in [0, 0.05) is 26.2 Å². The second-order valence-corrected chi connectivity index (χ2v) is 5.71. The van der Waals surface area contributed by atoms with Crippen molar-refractivity contribution in [1.82, 2.24) is 9.80 Å². The molecule has 1 heterocycles. The molecule has 1 aliphatic rings. The van der Waals surface area contributed by atoms with Gasteiger partial charge in [0.05, 0.1) is 45.6 Å². The van der Waals surface area contributed by atoms with E-state index in [2.05, 4.69) is 11.8 Å². The quantitative estimate of drug-likeness (QED) is 0.532. The molecule has 0 bridgehead atoms. The molecule has 0 saturated carbocycles. The molecule has 1 aliphatic heterocycles. The number of carbonyl (C=O) groups excluding carboxylic acids is 1. The van der Waals surface area contributed by atoms with Crippen LogP contribution in [-0.4, -0.2) is 87.6 Å². The summed E-state index contributed by atoms with van der Waals surface area (Å²) in [5.74, 6) is 0.196. The van der Waals surface area contributed by atoms with Gasteiger partial charge in [0.1, 0.15) is 0 Å². The lowest BCUT2D eigenvalue weighted by Crippen LogP contribution is -2.48. The van der Waals surface area contributed by atoms with Crippen molar-refractivity contribution in [2.75, 3.05) is 65.8 Å². The maximum atomic E-state index is 12.0. The first-order valence-corrected chi connectivity index (χ1v) is 8.40. The Hall–Kier alpha value is -0.690. The zero-order chi connectivity index (χ0) is 16.2. The molecule has 1 saturated heterocycles. The first-order valence-electron chi connectivity index (χ1n) is 8.40. The lowest BCUT2D eigenvalue weighted by Gasteiger charge is -2.34. The maximum Gasteiger partial charge on any atom is 0.224 e. The van der Waals surface area contributed by atoms with Crippen molar-refractivity contribution in [3.8, 4) is 0 Å². The van der Waals surface area contributed by atoms with Gasteiger partial charge in [-0.1, -0.05) is 6.92 Å². The van der Waals surface area contributed by atoms with Crippen LogP contribution in [0.1, 0.15) is 27.2 Å². The fraction of sp³-hybridized carbons (Fsp3) is 0.938. The summed E-state index contributed by atoms with van der Waals surface area (Å²) >= 11 is 0. The Kier molecular flexibility index (Phi) is 10.4. The lowest BCUT2D eigenvalue weighted by molar-refractivity contribution is -0.134. The molecule has 0 aromatic heterocycles. The molecule has 0 radical (unpaired) electrons. The SMILES string of the molecule is CCN1CCN(C(=O)CCOCCOCCOC(C)C)CC1. The third kappa shape index (κ3) is 8.68. The molecule has 0 aromatic rings. The molecular weight excluding hydrogens is 284 g/mol. The van der Waals surface area contributed by atoms with E-state index in [1.54, 1.807) is 0 Å². The molecule has 0 aliphatic carbocycles. The maximum absolute atomic E-state index is 12.0. The largest absolute Gasteiger partial charge is 0.379 e. The minimum atomic E-state index is 0.196. The predicted molar refractivity (Wildman–Crippen MR) is 86.0 cm³/mol. The van der Waals surface area contributed by atoms with Crippen molar-refractivity contribution < 1.29 is 19.0 Å². The third-order valence-corrected chi connectivity index (χ3v) is 3.68. The van der Waals surface area contributed by atoms with E-state index < -0.39 is 0 Å². The number of nitrogens with zero attached hydrogens (tertiary/aromatic N) is 2. The second kappa shape index (κ2) is 11.8. The van der Waals surface area contributed by atoms with Gasteiger partial charge in [0.25, 0.3) is 0 Å². The first kappa shape index (κ1) is 19.4. The Morgan fingerprint density at radius 1 is 0.955 bits per heavy atom. The molecular formula is C16H32N2O4. The average Bonchev–Trinajstić information content (AvgIpc) is 2.53. The number of hydrogen-bond acceptors (Lipinski definition) is 5. The smallest absolute Gasteiger partial charge is 0.224 e. The standard InChI is InChI=1S/C16H32N2O4/c1-4-17-6-8-18(9-7-17)16(19)5-10-20-11-12-21-13-14-22-15(2)3/h15H,4-14H2,1-3H3. The molecule has 1 fully saturated rings. The number of hydrogen-bond donors (Lipinski definition) is 0. The predicted octanol–water partition coefficient (Wildman–Crippen LogP) is 0.999. The van der Waals surface area contributed by atoms with Crippen molar-refractivity contribution >= 4 is 5.91 Å². The summed E-state index contributed by atoms with van der Waals surface area (Å²) in [7, 11) is 0. The molecule has 1 amide bonds. The number of carbonyl (C=O) groups is 1. The summed E-state index contributed by atoms with van der Waals surface area (Å²) in [6.07, 6.45) is 0.702. The highest BCUT2D eigenvalue weighted by Crippen LogP contribution is 2.03. The van der Waals surface area contributed by atoms with Crippen LogP contribution in [0.4, 0.5) is 0 Å². The van der Waals surface area contributed by atoms with E-state index in [4.69, 9.17) is 14.2 Å². The summed E-state index contributed by atoms with van der Waals surface area (Å²) in [6.45, 7) is 13.6. The van der Waals surface area contributed by atoms with Crippen LogP contribution in [0.15, 0.2) is 0 Å². The van der Waals surface area contributed by atoms with Crippen LogP contribution in [0, 0.1) is 0 Å². The van der Waals surface area contributed by atoms with Gasteiger partial charge < -0.3 is 24.0 Å². The zero-order valence-corrected chi connectivity index (χ0v) is 14.4. The van der Waals surface area contributed by atoms with Crippen molar-refractivity contribution in [3.05, 3.63) is 0 Å². The van der Waals surface area contributed by atoms with Gasteiger partial charge in [0.15, 0.2) is 0 Å². The summed E-state index contributed by atoms with van der Waals surface area (Å²) in [5.41, 5.74) is 0. The summed E-state index contributed by atoms with van der Waals surface area (Å²) in [6, 6.07) is 0. The molecule has 6 heteroatoms. The number of amides is 1. The molecule has 22 heavy (non-hydrogen) atoms. The molecule has 6 nitrogen and oxygen atoms in total. The van der Waals surface area contributed by atoms with Crippen molar-refractivity contribution in [3.63, 3.8) is 0 Å². The Balaban J connectivity index is 1.91. The van der Waals surface area contributed by atoms with Gasteiger partial charge in [-0.2, -0.15) is 0 Å². The van der Waals surface area contributed by atoms with E-state index in [9.17, 15) is 4.79 Å². The third-order valence-electron chi connectivity index (χ3n) is 3.68. The topological polar surface area (TPSA) is 51.2 Å². The Labute approximate surface area is 134 Å². The second-order valence-electron chi connectivity index (χ2n) is 5.71. The molecule has 0 aromatic carbocycles. The van der Waals surface area contributed by atoms with Crippen LogP contribution < -0.4 is 0 Å². The van der Waals surface area contributed by atoms with E-state index in [1.165, 1.54) is 0 Å². The van der Waals surface area contributed by atoms with Crippen molar-refractivity contribution in [2.24, 2.45) is 0 Å². The highest BCUT2D eigenvalue weighted by molar-refractivity contribution is 5.76. The van der Waals surface area contributed by atoms with Crippen LogP contribution in [0.5, 0.6) is 0 Å². The van der Waals surface area contributed by atoms with Crippen LogP contribution in [0.25, 0.3) is 0 Å². The lowest BCUT2D eigenvalue weighted by atomic mass is 10.3. The van der Waals surface area contributed by atoms with Gasteiger partial charge in [-0.3, -0.25) is 4.79 Å². The van der Waals surface area contributed by atoms with Crippen LogP contribution >= 0.6 is 0 Å². The summed E-state index contributed by atoms with van der Waals surface area (Å²) < 4.78 is 16.2. The fourth-order valence-electron chi connectivity index (χ4n) is 2.30. The zero-order valence-electron chi connectivity index (χ0n) is 14.4. The van der Waals surface area contributed by atoms with Gasteiger partial charge >= 0.3 is 0 Å². The average molecular weight is 316 g/mol. The highest BCUT2D eigenvalue weighted by atomic mass is 16.5. The van der Waals surface area contributed by atoms with Crippen LogP contribution in [0.2, 0.25) is 0 Å². The minimum absolute atomic E-state index is 0.196. The molecule has 0 N–H and O–H groups in total. The number of likely N-dealkylation sites (N-methyl/N-ethyl adjacent to an activating group) is 1. The van der Waals surface area contributed by atoms with Gasteiger partial charge in [-0.05, 0) is 20.4 Å². The molecule has 1 rings (SSSR count).